The van der Waals surface area contributed by atoms with Gasteiger partial charge in [-0.15, -0.1) is 0 Å². The molecule has 3 heterocycles. The first kappa shape index (κ1) is 18.9. The van der Waals surface area contributed by atoms with E-state index in [-0.39, 0.29) is 11.3 Å². The average molecular weight is 389 g/mol. The molecule has 0 saturated carbocycles. The van der Waals surface area contributed by atoms with Gasteiger partial charge in [0, 0.05) is 18.7 Å². The molecule has 1 amide bonds. The van der Waals surface area contributed by atoms with Crippen molar-refractivity contribution in [1.29, 1.82) is 0 Å². The lowest BCUT2D eigenvalue weighted by Crippen LogP contribution is -2.21. The fraction of sp³-hybridized carbons (Fsp3) is 0.273. The van der Waals surface area contributed by atoms with Crippen LogP contribution >= 0.6 is 0 Å². The number of carbonyl (C=O) groups excluding carboxylic acids is 1. The van der Waals surface area contributed by atoms with Crippen LogP contribution in [0.3, 0.4) is 0 Å². The van der Waals surface area contributed by atoms with Gasteiger partial charge in [0.1, 0.15) is 12.1 Å². The van der Waals surface area contributed by atoms with E-state index in [9.17, 15) is 4.79 Å². The van der Waals surface area contributed by atoms with Crippen molar-refractivity contribution in [3.05, 3.63) is 60.5 Å². The van der Waals surface area contributed by atoms with E-state index < -0.39 is 0 Å². The summed E-state index contributed by atoms with van der Waals surface area (Å²) in [5.41, 5.74) is 2.93. The monoisotopic (exact) mass is 389 g/mol. The predicted molar refractivity (Wildman–Crippen MR) is 112 cm³/mol. The maximum Gasteiger partial charge on any atom is 0.227 e. The van der Waals surface area contributed by atoms with Crippen LogP contribution in [0.15, 0.2) is 54.8 Å². The zero-order valence-electron chi connectivity index (χ0n) is 16.7. The summed E-state index contributed by atoms with van der Waals surface area (Å²) in [5, 5.41) is 2.93. The second kappa shape index (κ2) is 7.50. The van der Waals surface area contributed by atoms with Gasteiger partial charge in [-0.1, -0.05) is 32.9 Å². The van der Waals surface area contributed by atoms with Crippen molar-refractivity contribution in [2.24, 2.45) is 5.41 Å². The summed E-state index contributed by atoms with van der Waals surface area (Å²) < 4.78 is 7.64. The van der Waals surface area contributed by atoms with E-state index in [4.69, 9.17) is 4.74 Å². The lowest BCUT2D eigenvalue weighted by atomic mass is 9.92. The Bertz CT molecular complexity index is 1110. The molecule has 0 fully saturated rings. The number of aromatic nitrogens is 4. The van der Waals surface area contributed by atoms with Gasteiger partial charge < -0.3 is 4.74 Å². The molecule has 7 heteroatoms. The highest BCUT2D eigenvalue weighted by Crippen LogP contribution is 2.29. The Morgan fingerprint density at radius 2 is 2.00 bits per heavy atom. The first-order valence-corrected chi connectivity index (χ1v) is 9.50. The molecular weight excluding hydrogens is 366 g/mol. The number of rotatable bonds is 6. The minimum absolute atomic E-state index is 0.0791. The van der Waals surface area contributed by atoms with Gasteiger partial charge in [-0.3, -0.25) is 19.7 Å². The van der Waals surface area contributed by atoms with Crippen LogP contribution in [0.4, 0.5) is 5.95 Å². The number of allylic oxidation sites excluding steroid dienone is 4. The number of anilines is 1. The zero-order chi connectivity index (χ0) is 20.4. The molecule has 0 unspecified atom stereocenters. The molecule has 4 rings (SSSR count). The third kappa shape index (κ3) is 4.34. The number of amides is 1. The predicted octanol–water partition coefficient (Wildman–Crippen LogP) is 4.19. The van der Waals surface area contributed by atoms with Gasteiger partial charge in [-0.25, -0.2) is 4.98 Å². The third-order valence-electron chi connectivity index (χ3n) is 4.31. The van der Waals surface area contributed by atoms with Crippen LogP contribution in [0, 0.1) is 5.41 Å². The average Bonchev–Trinajstić information content (AvgIpc) is 2.95. The molecule has 0 aliphatic heterocycles. The second-order valence-corrected chi connectivity index (χ2v) is 8.11. The van der Waals surface area contributed by atoms with Crippen molar-refractivity contribution in [2.75, 3.05) is 5.32 Å². The van der Waals surface area contributed by atoms with Crippen molar-refractivity contribution in [2.45, 2.75) is 33.8 Å². The van der Waals surface area contributed by atoms with Crippen molar-refractivity contribution >= 4 is 28.7 Å². The first-order valence-electron chi connectivity index (χ1n) is 9.50. The van der Waals surface area contributed by atoms with Crippen LogP contribution in [0.2, 0.25) is 0 Å². The van der Waals surface area contributed by atoms with Gasteiger partial charge >= 0.3 is 0 Å². The molecule has 1 aliphatic carbocycles. The van der Waals surface area contributed by atoms with Crippen LogP contribution in [-0.4, -0.2) is 25.4 Å². The second-order valence-electron chi connectivity index (χ2n) is 8.11. The Kier molecular flexibility index (Phi) is 4.88. The van der Waals surface area contributed by atoms with Gasteiger partial charge in [-0.05, 0) is 35.8 Å². The number of nitrogens with one attached hydrogen (secondary N) is 1. The van der Waals surface area contributed by atoms with Crippen molar-refractivity contribution in [3.8, 4) is 5.88 Å². The van der Waals surface area contributed by atoms with Gasteiger partial charge in [0.15, 0.2) is 5.65 Å². The summed E-state index contributed by atoms with van der Waals surface area (Å²) in [7, 11) is 0. The molecular formula is C22H23N5O2. The zero-order valence-corrected chi connectivity index (χ0v) is 16.7. The van der Waals surface area contributed by atoms with E-state index in [0.717, 1.165) is 11.4 Å². The Morgan fingerprint density at radius 1 is 1.17 bits per heavy atom. The van der Waals surface area contributed by atoms with Crippen LogP contribution in [0.1, 0.15) is 32.9 Å². The molecule has 0 saturated heterocycles. The van der Waals surface area contributed by atoms with E-state index in [0.29, 0.717) is 36.0 Å². The lowest BCUT2D eigenvalue weighted by Gasteiger charge is -2.18. The Balaban J connectivity index is 1.62. The smallest absolute Gasteiger partial charge is 0.227 e. The Morgan fingerprint density at radius 3 is 2.66 bits per heavy atom. The van der Waals surface area contributed by atoms with Crippen molar-refractivity contribution in [1.82, 2.24) is 19.5 Å². The number of pyridine rings is 2. The molecule has 7 nitrogen and oxygen atoms in total. The quantitative estimate of drug-likeness (QED) is 0.684. The third-order valence-corrected chi connectivity index (χ3v) is 4.31. The summed E-state index contributed by atoms with van der Waals surface area (Å²) in [6, 6.07) is 9.29. The molecule has 0 aromatic carbocycles. The van der Waals surface area contributed by atoms with Crippen LogP contribution in [0.5, 0.6) is 5.88 Å². The Hall–Kier alpha value is -3.48. The summed E-state index contributed by atoms with van der Waals surface area (Å²) >= 11 is 0. The largest absolute Gasteiger partial charge is 0.471 e. The number of imidazole rings is 1. The molecule has 0 atom stereocenters. The Labute approximate surface area is 169 Å². The van der Waals surface area contributed by atoms with Crippen molar-refractivity contribution in [3.63, 3.8) is 0 Å². The fourth-order valence-electron chi connectivity index (χ4n) is 2.96. The van der Waals surface area contributed by atoms with Gasteiger partial charge in [0.05, 0.1) is 11.4 Å². The van der Waals surface area contributed by atoms with Crippen LogP contribution in [0.25, 0.3) is 16.9 Å². The van der Waals surface area contributed by atoms with Gasteiger partial charge in [0.25, 0.3) is 0 Å². The summed E-state index contributed by atoms with van der Waals surface area (Å²) in [5.74, 6) is 0.851. The molecule has 0 spiro atoms. The van der Waals surface area contributed by atoms with Crippen LogP contribution < -0.4 is 10.1 Å². The fourth-order valence-corrected chi connectivity index (χ4v) is 2.96. The van der Waals surface area contributed by atoms with E-state index in [2.05, 4.69) is 20.3 Å². The molecule has 1 N–H and O–H groups in total. The summed E-state index contributed by atoms with van der Waals surface area (Å²) in [4.78, 5) is 25.9. The number of ether oxygens (including phenoxy) is 1. The molecule has 3 aromatic heterocycles. The molecule has 1 aliphatic rings. The molecule has 0 bridgehead atoms. The van der Waals surface area contributed by atoms with Crippen LogP contribution in [-0.2, 0) is 11.4 Å². The van der Waals surface area contributed by atoms with Crippen molar-refractivity contribution < 1.29 is 9.53 Å². The number of fused-ring (bicyclic) bond motifs is 1. The van der Waals surface area contributed by atoms with Gasteiger partial charge in [-0.2, -0.15) is 4.98 Å². The maximum atomic E-state index is 12.5. The number of hydrogen-bond acceptors (Lipinski definition) is 5. The maximum absolute atomic E-state index is 12.5. The standard InChI is InChI=1S/C22H23N5O2/c1-22(2,3)13-18(28)25-21-24-17-10-11-19(29-14-15-7-4-5-12-23-15)26-20(17)27(21)16-8-6-9-16/h4-12H,13-14H2,1-3H3,(H,24,25,28). The highest BCUT2D eigenvalue weighted by Gasteiger charge is 2.21. The minimum Gasteiger partial charge on any atom is -0.471 e. The van der Waals surface area contributed by atoms with E-state index in [1.54, 1.807) is 12.3 Å². The lowest BCUT2D eigenvalue weighted by molar-refractivity contribution is -0.117. The summed E-state index contributed by atoms with van der Waals surface area (Å²) in [6.45, 7) is 6.41. The summed E-state index contributed by atoms with van der Waals surface area (Å²) in [6.07, 6.45) is 7.96. The molecule has 148 valence electrons. The first-order chi connectivity index (χ1) is 13.9. The number of hydrogen-bond donors (Lipinski definition) is 1. The molecule has 3 aromatic rings. The minimum atomic E-state index is -0.110. The highest BCUT2D eigenvalue weighted by atomic mass is 16.5. The van der Waals surface area contributed by atoms with E-state index in [1.165, 1.54) is 0 Å². The normalized spacial score (nSPS) is 13.1. The van der Waals surface area contributed by atoms with Gasteiger partial charge in [0.2, 0.25) is 17.7 Å². The van der Waals surface area contributed by atoms with E-state index in [1.807, 2.05) is 67.8 Å². The van der Waals surface area contributed by atoms with E-state index >= 15 is 0 Å². The molecule has 29 heavy (non-hydrogen) atoms. The highest BCUT2D eigenvalue weighted by molar-refractivity contribution is 5.94. The number of carbonyl (C=O) groups is 1. The number of nitrogens with zero attached hydrogens (tertiary/aromatic N) is 4. The SMILES string of the molecule is CC(C)(C)CC(=O)Nc1nc2ccc(OCc3ccccn3)nc2n1C1=CC=C1. The topological polar surface area (TPSA) is 81.9 Å². The molecule has 0 radical (unpaired) electrons.